The van der Waals surface area contributed by atoms with Crippen LogP contribution in [0.3, 0.4) is 0 Å². The number of nitrogens with zero attached hydrogens (tertiary/aromatic N) is 2. The molecule has 1 aliphatic rings. The molecule has 4 heteroatoms. The van der Waals surface area contributed by atoms with Crippen LogP contribution in [0.1, 0.15) is 18.9 Å². The first kappa shape index (κ1) is 13.7. The average molecular weight is 269 g/mol. The molecular formula is C14H21ClN2O. The highest BCUT2D eigenvalue weighted by atomic mass is 35.5. The van der Waals surface area contributed by atoms with E-state index in [-0.39, 0.29) is 6.61 Å². The summed E-state index contributed by atoms with van der Waals surface area (Å²) in [6.45, 7) is 5.23. The Morgan fingerprint density at radius 1 is 1.39 bits per heavy atom. The number of benzene rings is 1. The van der Waals surface area contributed by atoms with Crippen molar-refractivity contribution in [3.05, 3.63) is 28.8 Å². The summed E-state index contributed by atoms with van der Waals surface area (Å²) in [6, 6.07) is 6.29. The molecule has 1 aliphatic heterocycles. The second kappa shape index (κ2) is 5.91. The van der Waals surface area contributed by atoms with E-state index in [1.165, 1.54) is 0 Å². The molecular weight excluding hydrogens is 248 g/mol. The Morgan fingerprint density at radius 3 is 2.83 bits per heavy atom. The highest BCUT2D eigenvalue weighted by Crippen LogP contribution is 2.31. The van der Waals surface area contributed by atoms with Crippen molar-refractivity contribution in [2.24, 2.45) is 0 Å². The molecule has 0 spiro atoms. The van der Waals surface area contributed by atoms with Gasteiger partial charge in [-0.2, -0.15) is 0 Å². The van der Waals surface area contributed by atoms with E-state index in [9.17, 15) is 5.11 Å². The molecule has 2 rings (SSSR count). The van der Waals surface area contributed by atoms with E-state index in [0.29, 0.717) is 6.04 Å². The number of para-hydroxylation sites is 1. The van der Waals surface area contributed by atoms with Gasteiger partial charge in [-0.1, -0.05) is 30.7 Å². The van der Waals surface area contributed by atoms with Crippen LogP contribution in [0.5, 0.6) is 0 Å². The minimum atomic E-state index is 0.0407. The van der Waals surface area contributed by atoms with Gasteiger partial charge < -0.3 is 10.0 Å². The molecule has 100 valence electrons. The molecule has 0 saturated carbocycles. The summed E-state index contributed by atoms with van der Waals surface area (Å²) in [5.41, 5.74) is 1.93. The quantitative estimate of drug-likeness (QED) is 0.912. The van der Waals surface area contributed by atoms with Crippen LogP contribution in [-0.2, 0) is 6.61 Å². The normalized spacial score (nSPS) is 21.3. The molecule has 1 aromatic carbocycles. The van der Waals surface area contributed by atoms with Gasteiger partial charge in [0.1, 0.15) is 0 Å². The molecule has 1 N–H and O–H groups in total. The van der Waals surface area contributed by atoms with Crippen LogP contribution in [0.4, 0.5) is 5.69 Å². The molecule has 1 atom stereocenters. The predicted octanol–water partition coefficient (Wildman–Crippen LogP) is 2.36. The Labute approximate surface area is 114 Å². The van der Waals surface area contributed by atoms with Gasteiger partial charge in [0.25, 0.3) is 0 Å². The molecule has 0 amide bonds. The molecule has 18 heavy (non-hydrogen) atoms. The summed E-state index contributed by atoms with van der Waals surface area (Å²) in [7, 11) is 2.17. The molecule has 0 aliphatic carbocycles. The van der Waals surface area contributed by atoms with Crippen LogP contribution in [0.2, 0.25) is 5.02 Å². The van der Waals surface area contributed by atoms with Crippen LogP contribution >= 0.6 is 11.6 Å². The standard InChI is InChI=1S/C14H21ClN2O/c1-3-12-9-17(8-7-16(12)2)14-11(10-18)5-4-6-13(14)15/h4-6,12,18H,3,7-10H2,1-2H3. The smallest absolute Gasteiger partial charge is 0.0702 e. The number of aliphatic hydroxyl groups excluding tert-OH is 1. The zero-order chi connectivity index (χ0) is 13.1. The van der Waals surface area contributed by atoms with Gasteiger partial charge in [-0.15, -0.1) is 0 Å². The van der Waals surface area contributed by atoms with Crippen molar-refractivity contribution in [3.8, 4) is 0 Å². The summed E-state index contributed by atoms with van der Waals surface area (Å²) in [6.07, 6.45) is 1.13. The lowest BCUT2D eigenvalue weighted by molar-refractivity contribution is 0.212. The number of likely N-dealkylation sites (N-methyl/N-ethyl adjacent to an activating group) is 1. The van der Waals surface area contributed by atoms with Gasteiger partial charge in [0.15, 0.2) is 0 Å². The topological polar surface area (TPSA) is 26.7 Å². The average Bonchev–Trinajstić information content (AvgIpc) is 2.39. The maximum Gasteiger partial charge on any atom is 0.0702 e. The van der Waals surface area contributed by atoms with Crippen molar-refractivity contribution in [1.82, 2.24) is 4.90 Å². The third-order valence-electron chi connectivity index (χ3n) is 3.81. The van der Waals surface area contributed by atoms with E-state index >= 15 is 0 Å². The third-order valence-corrected chi connectivity index (χ3v) is 4.11. The minimum Gasteiger partial charge on any atom is -0.392 e. The fraction of sp³-hybridized carbons (Fsp3) is 0.571. The first-order chi connectivity index (χ1) is 8.67. The molecule has 0 bridgehead atoms. The number of halogens is 1. The highest BCUT2D eigenvalue weighted by Gasteiger charge is 2.25. The first-order valence-corrected chi connectivity index (χ1v) is 6.88. The van der Waals surface area contributed by atoms with Crippen molar-refractivity contribution in [1.29, 1.82) is 0 Å². The van der Waals surface area contributed by atoms with Crippen LogP contribution in [0.15, 0.2) is 18.2 Å². The SMILES string of the molecule is CCC1CN(c2c(Cl)cccc2CO)CCN1C. The lowest BCUT2D eigenvalue weighted by Crippen LogP contribution is -2.51. The predicted molar refractivity (Wildman–Crippen MR) is 76.3 cm³/mol. The van der Waals surface area contributed by atoms with Gasteiger partial charge in [-0.05, 0) is 19.5 Å². The van der Waals surface area contributed by atoms with E-state index in [0.717, 1.165) is 42.3 Å². The number of rotatable bonds is 3. The Hall–Kier alpha value is -0.770. The summed E-state index contributed by atoms with van der Waals surface area (Å²) >= 11 is 6.30. The van der Waals surface area contributed by atoms with Crippen molar-refractivity contribution >= 4 is 17.3 Å². The van der Waals surface area contributed by atoms with E-state index in [1.54, 1.807) is 0 Å². The third kappa shape index (κ3) is 2.63. The van der Waals surface area contributed by atoms with Crippen molar-refractivity contribution in [3.63, 3.8) is 0 Å². The van der Waals surface area contributed by atoms with Gasteiger partial charge in [0, 0.05) is 31.2 Å². The number of piperazine rings is 1. The molecule has 1 saturated heterocycles. The zero-order valence-corrected chi connectivity index (χ0v) is 11.8. The van der Waals surface area contributed by atoms with Gasteiger partial charge in [-0.25, -0.2) is 0 Å². The number of aliphatic hydroxyl groups is 1. The van der Waals surface area contributed by atoms with Gasteiger partial charge in [0.2, 0.25) is 0 Å². The Kier molecular flexibility index (Phi) is 4.49. The second-order valence-electron chi connectivity index (χ2n) is 4.89. The number of hydrogen-bond acceptors (Lipinski definition) is 3. The lowest BCUT2D eigenvalue weighted by Gasteiger charge is -2.41. The van der Waals surface area contributed by atoms with Crippen LogP contribution in [0, 0.1) is 0 Å². The van der Waals surface area contributed by atoms with E-state index in [1.807, 2.05) is 18.2 Å². The Balaban J connectivity index is 2.26. The molecule has 1 unspecified atom stereocenters. The highest BCUT2D eigenvalue weighted by molar-refractivity contribution is 6.33. The van der Waals surface area contributed by atoms with Gasteiger partial charge in [0.05, 0.1) is 17.3 Å². The van der Waals surface area contributed by atoms with Crippen LogP contribution in [0.25, 0.3) is 0 Å². The maximum absolute atomic E-state index is 9.45. The van der Waals surface area contributed by atoms with Crippen molar-refractivity contribution < 1.29 is 5.11 Å². The minimum absolute atomic E-state index is 0.0407. The first-order valence-electron chi connectivity index (χ1n) is 6.50. The molecule has 0 radical (unpaired) electrons. The molecule has 3 nitrogen and oxygen atoms in total. The fourth-order valence-corrected chi connectivity index (χ4v) is 2.95. The number of hydrogen-bond donors (Lipinski definition) is 1. The summed E-state index contributed by atoms with van der Waals surface area (Å²) in [4.78, 5) is 4.70. The van der Waals surface area contributed by atoms with E-state index < -0.39 is 0 Å². The monoisotopic (exact) mass is 268 g/mol. The number of anilines is 1. The second-order valence-corrected chi connectivity index (χ2v) is 5.30. The van der Waals surface area contributed by atoms with Crippen molar-refractivity contribution in [2.45, 2.75) is 26.0 Å². The summed E-state index contributed by atoms with van der Waals surface area (Å²) in [5.74, 6) is 0. The zero-order valence-electron chi connectivity index (χ0n) is 11.1. The molecule has 1 aromatic rings. The Morgan fingerprint density at radius 2 is 2.17 bits per heavy atom. The molecule has 1 heterocycles. The van der Waals surface area contributed by atoms with E-state index in [2.05, 4.69) is 23.8 Å². The fourth-order valence-electron chi connectivity index (χ4n) is 2.63. The van der Waals surface area contributed by atoms with Crippen LogP contribution < -0.4 is 4.90 Å². The summed E-state index contributed by atoms with van der Waals surface area (Å²) < 4.78 is 0. The molecule has 0 aromatic heterocycles. The van der Waals surface area contributed by atoms with Gasteiger partial charge in [-0.3, -0.25) is 4.90 Å². The largest absolute Gasteiger partial charge is 0.392 e. The van der Waals surface area contributed by atoms with Gasteiger partial charge >= 0.3 is 0 Å². The molecule has 1 fully saturated rings. The van der Waals surface area contributed by atoms with Crippen molar-refractivity contribution in [2.75, 3.05) is 31.6 Å². The summed E-state index contributed by atoms with van der Waals surface area (Å²) in [5, 5.41) is 10.2. The van der Waals surface area contributed by atoms with Crippen LogP contribution in [-0.4, -0.2) is 42.7 Å². The Bertz CT molecular complexity index is 411. The lowest BCUT2D eigenvalue weighted by atomic mass is 10.1. The van der Waals surface area contributed by atoms with E-state index in [4.69, 9.17) is 11.6 Å². The maximum atomic E-state index is 9.45.